The van der Waals surface area contributed by atoms with Gasteiger partial charge in [-0.3, -0.25) is 0 Å². The fourth-order valence-corrected chi connectivity index (χ4v) is 2.52. The van der Waals surface area contributed by atoms with E-state index in [1.54, 1.807) is 0 Å². The predicted octanol–water partition coefficient (Wildman–Crippen LogP) is 3.13. The molecule has 1 fully saturated rings. The number of para-hydroxylation sites is 1. The molecule has 0 unspecified atom stereocenters. The van der Waals surface area contributed by atoms with Gasteiger partial charge >= 0.3 is 0 Å². The standard InChI is InChI=1S/C16H25NO2/c1-2-18-16-10-6-3-7-14(16)13-17-11-12-19-15-8-4-5-9-15/h3,6-7,10,15,17H,2,4-5,8-9,11-13H2,1H3. The van der Waals surface area contributed by atoms with Crippen LogP contribution in [0.1, 0.15) is 38.2 Å². The molecule has 0 saturated heterocycles. The van der Waals surface area contributed by atoms with E-state index in [0.717, 1.165) is 25.4 Å². The summed E-state index contributed by atoms with van der Waals surface area (Å²) in [5.74, 6) is 0.981. The minimum atomic E-state index is 0.512. The molecular formula is C16H25NO2. The second-order valence-electron chi connectivity index (χ2n) is 4.99. The van der Waals surface area contributed by atoms with Crippen molar-refractivity contribution in [2.75, 3.05) is 19.8 Å². The molecule has 0 aliphatic heterocycles. The molecule has 1 aromatic rings. The van der Waals surface area contributed by atoms with E-state index >= 15 is 0 Å². The van der Waals surface area contributed by atoms with Crippen molar-refractivity contribution < 1.29 is 9.47 Å². The summed E-state index contributed by atoms with van der Waals surface area (Å²) in [6, 6.07) is 8.19. The maximum absolute atomic E-state index is 5.82. The van der Waals surface area contributed by atoms with Crippen molar-refractivity contribution in [3.05, 3.63) is 29.8 Å². The lowest BCUT2D eigenvalue weighted by molar-refractivity contribution is 0.0602. The number of hydrogen-bond donors (Lipinski definition) is 1. The SMILES string of the molecule is CCOc1ccccc1CNCCOC1CCCC1. The van der Waals surface area contributed by atoms with Gasteiger partial charge in [0.05, 0.1) is 19.3 Å². The first-order valence-electron chi connectivity index (χ1n) is 7.43. The Morgan fingerprint density at radius 1 is 1.21 bits per heavy atom. The van der Waals surface area contributed by atoms with Crippen molar-refractivity contribution in [2.24, 2.45) is 0 Å². The third-order valence-electron chi connectivity index (χ3n) is 3.52. The van der Waals surface area contributed by atoms with Gasteiger partial charge in [-0.05, 0) is 25.8 Å². The molecule has 1 aliphatic rings. The molecule has 2 rings (SSSR count). The Labute approximate surface area is 116 Å². The minimum absolute atomic E-state index is 0.512. The molecule has 1 saturated carbocycles. The largest absolute Gasteiger partial charge is 0.494 e. The zero-order valence-electron chi connectivity index (χ0n) is 11.9. The maximum atomic E-state index is 5.82. The third-order valence-corrected chi connectivity index (χ3v) is 3.52. The topological polar surface area (TPSA) is 30.5 Å². The lowest BCUT2D eigenvalue weighted by Crippen LogP contribution is -2.22. The minimum Gasteiger partial charge on any atom is -0.494 e. The third kappa shape index (κ3) is 4.84. The molecule has 106 valence electrons. The Balaban J connectivity index is 1.64. The number of rotatable bonds is 8. The highest BCUT2D eigenvalue weighted by Crippen LogP contribution is 2.20. The summed E-state index contributed by atoms with van der Waals surface area (Å²) in [6.07, 6.45) is 5.66. The average Bonchev–Trinajstić information content (AvgIpc) is 2.94. The van der Waals surface area contributed by atoms with Crippen molar-refractivity contribution in [2.45, 2.75) is 45.3 Å². The molecule has 0 spiro atoms. The number of hydrogen-bond acceptors (Lipinski definition) is 3. The molecule has 0 atom stereocenters. The van der Waals surface area contributed by atoms with Gasteiger partial charge in [0.25, 0.3) is 0 Å². The van der Waals surface area contributed by atoms with Crippen LogP contribution >= 0.6 is 0 Å². The van der Waals surface area contributed by atoms with Crippen LogP contribution in [0.3, 0.4) is 0 Å². The van der Waals surface area contributed by atoms with Gasteiger partial charge in [-0.25, -0.2) is 0 Å². The Morgan fingerprint density at radius 3 is 2.79 bits per heavy atom. The van der Waals surface area contributed by atoms with Crippen molar-refractivity contribution >= 4 is 0 Å². The fourth-order valence-electron chi connectivity index (χ4n) is 2.52. The normalized spacial score (nSPS) is 15.8. The van der Waals surface area contributed by atoms with Gasteiger partial charge in [0.2, 0.25) is 0 Å². The molecule has 0 radical (unpaired) electrons. The van der Waals surface area contributed by atoms with Crippen LogP contribution in [-0.4, -0.2) is 25.9 Å². The van der Waals surface area contributed by atoms with Crippen molar-refractivity contribution in [3.8, 4) is 5.75 Å². The monoisotopic (exact) mass is 263 g/mol. The van der Waals surface area contributed by atoms with Gasteiger partial charge < -0.3 is 14.8 Å². The van der Waals surface area contributed by atoms with Gasteiger partial charge in [-0.15, -0.1) is 0 Å². The molecule has 3 nitrogen and oxygen atoms in total. The number of nitrogens with one attached hydrogen (secondary N) is 1. The van der Waals surface area contributed by atoms with Gasteiger partial charge in [0, 0.05) is 18.7 Å². The Bertz CT molecular complexity index is 362. The van der Waals surface area contributed by atoms with Crippen LogP contribution in [0, 0.1) is 0 Å². The summed E-state index contributed by atoms with van der Waals surface area (Å²) in [5, 5.41) is 3.42. The highest BCUT2D eigenvalue weighted by molar-refractivity contribution is 5.33. The predicted molar refractivity (Wildman–Crippen MR) is 77.5 cm³/mol. The Hall–Kier alpha value is -1.06. The number of benzene rings is 1. The molecule has 0 amide bonds. The maximum Gasteiger partial charge on any atom is 0.123 e. The zero-order valence-corrected chi connectivity index (χ0v) is 11.9. The van der Waals surface area contributed by atoms with Crippen LogP contribution in [0.25, 0.3) is 0 Å². The molecular weight excluding hydrogens is 238 g/mol. The lowest BCUT2D eigenvalue weighted by atomic mass is 10.2. The van der Waals surface area contributed by atoms with E-state index in [0.29, 0.717) is 12.7 Å². The average molecular weight is 263 g/mol. The van der Waals surface area contributed by atoms with Crippen molar-refractivity contribution in [1.82, 2.24) is 5.32 Å². The highest BCUT2D eigenvalue weighted by atomic mass is 16.5. The first-order chi connectivity index (χ1) is 9.40. The summed E-state index contributed by atoms with van der Waals surface area (Å²) in [7, 11) is 0. The van der Waals surface area contributed by atoms with Crippen molar-refractivity contribution in [3.63, 3.8) is 0 Å². The summed E-state index contributed by atoms with van der Waals surface area (Å²) < 4.78 is 11.4. The first-order valence-corrected chi connectivity index (χ1v) is 7.43. The summed E-state index contributed by atoms with van der Waals surface area (Å²) >= 11 is 0. The smallest absolute Gasteiger partial charge is 0.123 e. The molecule has 1 aliphatic carbocycles. The summed E-state index contributed by atoms with van der Waals surface area (Å²) in [6.45, 7) is 5.27. The van der Waals surface area contributed by atoms with Crippen LogP contribution in [0.5, 0.6) is 5.75 Å². The zero-order chi connectivity index (χ0) is 13.3. The molecule has 0 heterocycles. The second-order valence-corrected chi connectivity index (χ2v) is 4.99. The summed E-state index contributed by atoms with van der Waals surface area (Å²) in [5.41, 5.74) is 1.21. The molecule has 1 N–H and O–H groups in total. The van der Waals surface area contributed by atoms with Crippen molar-refractivity contribution in [1.29, 1.82) is 0 Å². The molecule has 3 heteroatoms. The van der Waals surface area contributed by atoms with Crippen LogP contribution in [-0.2, 0) is 11.3 Å². The van der Waals surface area contributed by atoms with Gasteiger partial charge in [-0.1, -0.05) is 31.0 Å². The Morgan fingerprint density at radius 2 is 2.00 bits per heavy atom. The van der Waals surface area contributed by atoms with E-state index in [1.807, 2.05) is 19.1 Å². The molecule has 19 heavy (non-hydrogen) atoms. The van der Waals surface area contributed by atoms with E-state index in [2.05, 4.69) is 17.4 Å². The summed E-state index contributed by atoms with van der Waals surface area (Å²) in [4.78, 5) is 0. The fraction of sp³-hybridized carbons (Fsp3) is 0.625. The van der Waals surface area contributed by atoms with Crippen LogP contribution in [0.15, 0.2) is 24.3 Å². The van der Waals surface area contributed by atoms with E-state index < -0.39 is 0 Å². The lowest BCUT2D eigenvalue weighted by Gasteiger charge is -2.13. The molecule has 1 aromatic carbocycles. The van der Waals surface area contributed by atoms with E-state index in [-0.39, 0.29) is 0 Å². The van der Waals surface area contributed by atoms with E-state index in [1.165, 1.54) is 31.2 Å². The second kappa shape index (κ2) is 8.18. The van der Waals surface area contributed by atoms with Crippen LogP contribution < -0.4 is 10.1 Å². The van der Waals surface area contributed by atoms with Gasteiger partial charge in [-0.2, -0.15) is 0 Å². The quantitative estimate of drug-likeness (QED) is 0.731. The highest BCUT2D eigenvalue weighted by Gasteiger charge is 2.14. The van der Waals surface area contributed by atoms with E-state index in [9.17, 15) is 0 Å². The van der Waals surface area contributed by atoms with Crippen LogP contribution in [0.4, 0.5) is 0 Å². The number of ether oxygens (including phenoxy) is 2. The first kappa shape index (κ1) is 14.4. The molecule has 0 aromatic heterocycles. The van der Waals surface area contributed by atoms with Gasteiger partial charge in [0.1, 0.15) is 5.75 Å². The Kier molecular flexibility index (Phi) is 6.18. The van der Waals surface area contributed by atoms with Crippen LogP contribution in [0.2, 0.25) is 0 Å². The van der Waals surface area contributed by atoms with Gasteiger partial charge in [0.15, 0.2) is 0 Å². The van der Waals surface area contributed by atoms with E-state index in [4.69, 9.17) is 9.47 Å². The molecule has 0 bridgehead atoms.